The summed E-state index contributed by atoms with van der Waals surface area (Å²) in [5.74, 6) is 2.50. The molecule has 2 aromatic rings. The fraction of sp³-hybridized carbons (Fsp3) is 0.526. The molecule has 1 aliphatic rings. The molecule has 0 radical (unpaired) electrons. The van der Waals surface area contributed by atoms with Crippen molar-refractivity contribution in [3.63, 3.8) is 0 Å². The zero-order valence-corrected chi connectivity index (χ0v) is 15.9. The van der Waals surface area contributed by atoms with Gasteiger partial charge in [-0.3, -0.25) is 4.79 Å². The van der Waals surface area contributed by atoms with Gasteiger partial charge in [-0.05, 0) is 18.3 Å². The molecule has 1 aromatic carbocycles. The smallest absolute Gasteiger partial charge is 0.230 e. The van der Waals surface area contributed by atoms with Crippen LogP contribution in [0, 0.1) is 11.8 Å². The third-order valence-electron chi connectivity index (χ3n) is 5.25. The number of amides is 1. The quantitative estimate of drug-likeness (QED) is 0.831. The minimum absolute atomic E-state index is 0.0835. The Morgan fingerprint density at radius 2 is 2.00 bits per heavy atom. The average molecular weight is 359 g/mol. The number of nitrogens with one attached hydrogen (secondary N) is 1. The lowest BCUT2D eigenvalue weighted by atomic mass is 9.78. The molecule has 1 aliphatic carbocycles. The molecule has 1 heterocycles. The minimum atomic E-state index is 0.0835. The molecule has 3 atom stereocenters. The third-order valence-corrected chi connectivity index (χ3v) is 6.27. The highest BCUT2D eigenvalue weighted by atomic mass is 32.2. The number of benzene rings is 1. The molecular weight excluding hydrogens is 332 g/mol. The van der Waals surface area contributed by atoms with E-state index in [9.17, 15) is 4.79 Å². The van der Waals surface area contributed by atoms with Gasteiger partial charge in [-0.15, -0.1) is 10.2 Å². The van der Waals surface area contributed by atoms with Gasteiger partial charge in [0.2, 0.25) is 5.91 Å². The van der Waals surface area contributed by atoms with E-state index in [4.69, 9.17) is 0 Å². The van der Waals surface area contributed by atoms with Crippen molar-refractivity contribution >= 4 is 17.7 Å². The van der Waals surface area contributed by atoms with Crippen molar-refractivity contribution < 1.29 is 4.79 Å². The predicted molar refractivity (Wildman–Crippen MR) is 101 cm³/mol. The summed E-state index contributed by atoms with van der Waals surface area (Å²) in [6, 6.07) is 10.3. The van der Waals surface area contributed by atoms with E-state index in [0.717, 1.165) is 23.0 Å². The van der Waals surface area contributed by atoms with Gasteiger partial charge in [0.05, 0.1) is 5.75 Å². The van der Waals surface area contributed by atoms with Crippen LogP contribution in [-0.2, 0) is 11.8 Å². The Bertz CT molecular complexity index is 715. The highest BCUT2D eigenvalue weighted by Gasteiger charge is 2.28. The fourth-order valence-electron chi connectivity index (χ4n) is 3.44. The molecule has 1 fully saturated rings. The number of hydrogen-bond donors (Lipinski definition) is 1. The maximum atomic E-state index is 12.3. The molecule has 1 saturated carbocycles. The van der Waals surface area contributed by atoms with Crippen molar-refractivity contribution in [2.75, 3.05) is 5.75 Å². The first-order valence-electron chi connectivity index (χ1n) is 8.93. The van der Waals surface area contributed by atoms with E-state index in [1.807, 2.05) is 41.9 Å². The summed E-state index contributed by atoms with van der Waals surface area (Å²) in [6.07, 6.45) is 3.56. The number of carbonyl (C=O) groups is 1. The van der Waals surface area contributed by atoms with E-state index in [0.29, 0.717) is 23.6 Å². The second-order valence-electron chi connectivity index (χ2n) is 6.96. The monoisotopic (exact) mass is 358 g/mol. The van der Waals surface area contributed by atoms with E-state index in [1.54, 1.807) is 0 Å². The van der Waals surface area contributed by atoms with Crippen LogP contribution in [0.3, 0.4) is 0 Å². The topological polar surface area (TPSA) is 59.8 Å². The van der Waals surface area contributed by atoms with Gasteiger partial charge in [-0.2, -0.15) is 0 Å². The predicted octanol–water partition coefficient (Wildman–Crippen LogP) is 3.52. The molecule has 0 spiro atoms. The maximum absolute atomic E-state index is 12.3. The van der Waals surface area contributed by atoms with Crippen molar-refractivity contribution in [3.8, 4) is 11.4 Å². The zero-order valence-electron chi connectivity index (χ0n) is 15.1. The number of nitrogens with zero attached hydrogens (tertiary/aromatic N) is 3. The Morgan fingerprint density at radius 3 is 2.76 bits per heavy atom. The van der Waals surface area contributed by atoms with Gasteiger partial charge in [-0.25, -0.2) is 0 Å². The molecule has 1 amide bonds. The summed E-state index contributed by atoms with van der Waals surface area (Å²) < 4.78 is 1.94. The van der Waals surface area contributed by atoms with Crippen molar-refractivity contribution in [2.45, 2.75) is 44.3 Å². The van der Waals surface area contributed by atoms with Gasteiger partial charge in [0.15, 0.2) is 11.0 Å². The van der Waals surface area contributed by atoms with Crippen LogP contribution in [0.15, 0.2) is 35.5 Å². The minimum Gasteiger partial charge on any atom is -0.352 e. The first-order chi connectivity index (χ1) is 12.1. The zero-order chi connectivity index (χ0) is 17.8. The standard InChI is InChI=1S/C19H26N4OS/c1-13-8-7-11-16(14(13)2)20-17(24)12-25-19-22-21-18(23(19)3)15-9-5-4-6-10-15/h4-6,9-10,13-14,16H,7-8,11-12H2,1-3H3,(H,20,24)/t13-,14+,16-/m0/s1. The number of aromatic nitrogens is 3. The van der Waals surface area contributed by atoms with Gasteiger partial charge >= 0.3 is 0 Å². The lowest BCUT2D eigenvalue weighted by Crippen LogP contribution is -2.44. The molecule has 0 bridgehead atoms. The molecule has 1 N–H and O–H groups in total. The van der Waals surface area contributed by atoms with Crippen molar-refractivity contribution in [1.29, 1.82) is 0 Å². The van der Waals surface area contributed by atoms with Gasteiger partial charge in [0.1, 0.15) is 0 Å². The number of thioether (sulfide) groups is 1. The van der Waals surface area contributed by atoms with Crippen LogP contribution in [0.2, 0.25) is 0 Å². The highest BCUT2D eigenvalue weighted by Crippen LogP contribution is 2.29. The molecule has 25 heavy (non-hydrogen) atoms. The Labute approximate surface area is 153 Å². The van der Waals surface area contributed by atoms with Crippen LogP contribution in [0.25, 0.3) is 11.4 Å². The van der Waals surface area contributed by atoms with Crippen LogP contribution in [0.5, 0.6) is 0 Å². The van der Waals surface area contributed by atoms with Crippen LogP contribution < -0.4 is 5.32 Å². The highest BCUT2D eigenvalue weighted by molar-refractivity contribution is 7.99. The number of rotatable bonds is 5. The van der Waals surface area contributed by atoms with Crippen LogP contribution >= 0.6 is 11.8 Å². The largest absolute Gasteiger partial charge is 0.352 e. The Balaban J connectivity index is 1.57. The lowest BCUT2D eigenvalue weighted by molar-refractivity contribution is -0.120. The molecule has 1 aromatic heterocycles. The summed E-state index contributed by atoms with van der Waals surface area (Å²) >= 11 is 1.44. The van der Waals surface area contributed by atoms with E-state index in [-0.39, 0.29) is 5.91 Å². The Hall–Kier alpha value is -1.82. The summed E-state index contributed by atoms with van der Waals surface area (Å²) in [6.45, 7) is 4.53. The van der Waals surface area contributed by atoms with E-state index < -0.39 is 0 Å². The van der Waals surface area contributed by atoms with Crippen LogP contribution in [-0.4, -0.2) is 32.5 Å². The second-order valence-corrected chi connectivity index (χ2v) is 7.90. The average Bonchev–Trinajstić information content (AvgIpc) is 2.99. The van der Waals surface area contributed by atoms with Gasteiger partial charge < -0.3 is 9.88 Å². The molecule has 3 rings (SSSR count). The Kier molecular flexibility index (Phi) is 5.78. The van der Waals surface area contributed by atoms with Gasteiger partial charge in [0.25, 0.3) is 0 Å². The normalized spacial score (nSPS) is 23.4. The lowest BCUT2D eigenvalue weighted by Gasteiger charge is -2.34. The summed E-state index contributed by atoms with van der Waals surface area (Å²) in [5, 5.41) is 12.5. The van der Waals surface area contributed by atoms with E-state index >= 15 is 0 Å². The van der Waals surface area contributed by atoms with E-state index in [1.165, 1.54) is 24.6 Å². The molecule has 0 unspecified atom stereocenters. The summed E-state index contributed by atoms with van der Waals surface area (Å²) in [5.41, 5.74) is 1.03. The Morgan fingerprint density at radius 1 is 1.24 bits per heavy atom. The first kappa shape index (κ1) is 18.0. The van der Waals surface area contributed by atoms with Crippen molar-refractivity contribution in [1.82, 2.24) is 20.1 Å². The van der Waals surface area contributed by atoms with Gasteiger partial charge in [0, 0.05) is 18.7 Å². The molecular formula is C19H26N4OS. The summed E-state index contributed by atoms with van der Waals surface area (Å²) in [4.78, 5) is 12.3. The first-order valence-corrected chi connectivity index (χ1v) is 9.91. The van der Waals surface area contributed by atoms with Crippen molar-refractivity contribution in [3.05, 3.63) is 30.3 Å². The fourth-order valence-corrected chi connectivity index (χ4v) is 4.17. The molecule has 0 aliphatic heterocycles. The number of hydrogen-bond acceptors (Lipinski definition) is 4. The third kappa shape index (κ3) is 4.24. The second kappa shape index (κ2) is 8.04. The summed E-state index contributed by atoms with van der Waals surface area (Å²) in [7, 11) is 1.94. The van der Waals surface area contributed by atoms with Crippen LogP contribution in [0.1, 0.15) is 33.1 Å². The molecule has 5 nitrogen and oxygen atoms in total. The molecule has 0 saturated heterocycles. The molecule has 134 valence electrons. The maximum Gasteiger partial charge on any atom is 0.230 e. The molecule has 6 heteroatoms. The van der Waals surface area contributed by atoms with Gasteiger partial charge in [-0.1, -0.05) is 68.8 Å². The number of carbonyl (C=O) groups excluding carboxylic acids is 1. The van der Waals surface area contributed by atoms with Crippen LogP contribution in [0.4, 0.5) is 0 Å². The van der Waals surface area contributed by atoms with E-state index in [2.05, 4.69) is 29.4 Å². The van der Waals surface area contributed by atoms with Crippen molar-refractivity contribution in [2.24, 2.45) is 18.9 Å². The SMILES string of the molecule is C[C@H]1[C@@H](NC(=O)CSc2nnc(-c3ccccc3)n2C)CCC[C@@H]1C.